The molecule has 1 aromatic rings. The number of aromatic nitrogens is 1. The second-order valence-electron chi connectivity index (χ2n) is 3.07. The van der Waals surface area contributed by atoms with Gasteiger partial charge < -0.3 is 11.5 Å². The molecule has 0 saturated heterocycles. The lowest BCUT2D eigenvalue weighted by atomic mass is 10.2. The maximum absolute atomic E-state index is 5.78. The molecule has 0 aromatic carbocycles. The first-order valence-electron chi connectivity index (χ1n) is 4.25. The van der Waals surface area contributed by atoms with Crippen LogP contribution in [0.2, 0.25) is 5.02 Å². The summed E-state index contributed by atoms with van der Waals surface area (Å²) in [6.07, 6.45) is 2.25. The SMILES string of the molecule is C[C@H](N)CC#Cc1cnc(N)c(Cl)c1. The third-order valence-corrected chi connectivity index (χ3v) is 1.83. The summed E-state index contributed by atoms with van der Waals surface area (Å²) in [7, 11) is 0. The molecule has 3 nitrogen and oxygen atoms in total. The summed E-state index contributed by atoms with van der Waals surface area (Å²) >= 11 is 5.78. The molecule has 0 aliphatic heterocycles. The predicted molar refractivity (Wildman–Crippen MR) is 58.8 cm³/mol. The number of nitrogen functional groups attached to an aromatic ring is 1. The summed E-state index contributed by atoms with van der Waals surface area (Å²) in [5.74, 6) is 6.17. The van der Waals surface area contributed by atoms with Crippen molar-refractivity contribution in [2.45, 2.75) is 19.4 Å². The van der Waals surface area contributed by atoms with Crippen LogP contribution in [0.5, 0.6) is 0 Å². The van der Waals surface area contributed by atoms with Crippen molar-refractivity contribution in [1.82, 2.24) is 4.98 Å². The number of nitrogens with two attached hydrogens (primary N) is 2. The molecular formula is C10H12ClN3. The van der Waals surface area contributed by atoms with E-state index in [1.165, 1.54) is 0 Å². The highest BCUT2D eigenvalue weighted by Gasteiger charge is 1.96. The molecule has 0 aliphatic rings. The van der Waals surface area contributed by atoms with E-state index < -0.39 is 0 Å². The number of halogens is 1. The third-order valence-electron chi connectivity index (χ3n) is 1.53. The predicted octanol–water partition coefficient (Wildman–Crippen LogP) is 1.41. The average Bonchev–Trinajstić information content (AvgIpc) is 2.10. The fourth-order valence-corrected chi connectivity index (χ4v) is 0.997. The van der Waals surface area contributed by atoms with Gasteiger partial charge >= 0.3 is 0 Å². The molecule has 0 bridgehead atoms. The highest BCUT2D eigenvalue weighted by atomic mass is 35.5. The molecule has 0 saturated carbocycles. The van der Waals surface area contributed by atoms with Crippen molar-refractivity contribution >= 4 is 17.4 Å². The maximum atomic E-state index is 5.78. The van der Waals surface area contributed by atoms with Crippen molar-refractivity contribution < 1.29 is 0 Å². The van der Waals surface area contributed by atoms with Gasteiger partial charge in [-0.05, 0) is 13.0 Å². The zero-order valence-electron chi connectivity index (χ0n) is 7.92. The monoisotopic (exact) mass is 209 g/mol. The Morgan fingerprint density at radius 2 is 2.36 bits per heavy atom. The molecule has 74 valence electrons. The Morgan fingerprint density at radius 3 is 2.93 bits per heavy atom. The molecule has 4 heteroatoms. The van der Waals surface area contributed by atoms with E-state index in [2.05, 4.69) is 16.8 Å². The van der Waals surface area contributed by atoms with Gasteiger partial charge in [-0.1, -0.05) is 23.4 Å². The van der Waals surface area contributed by atoms with Gasteiger partial charge in [0.05, 0.1) is 5.02 Å². The van der Waals surface area contributed by atoms with E-state index in [9.17, 15) is 0 Å². The summed E-state index contributed by atoms with van der Waals surface area (Å²) in [5.41, 5.74) is 11.8. The van der Waals surface area contributed by atoms with Crippen molar-refractivity contribution in [2.24, 2.45) is 5.73 Å². The minimum Gasteiger partial charge on any atom is -0.382 e. The quantitative estimate of drug-likeness (QED) is 0.688. The van der Waals surface area contributed by atoms with Gasteiger partial charge in [-0.15, -0.1) is 0 Å². The van der Waals surface area contributed by atoms with Crippen LogP contribution in [0.25, 0.3) is 0 Å². The lowest BCUT2D eigenvalue weighted by molar-refractivity contribution is 0.771. The topological polar surface area (TPSA) is 64.9 Å². The van der Waals surface area contributed by atoms with E-state index in [0.29, 0.717) is 17.3 Å². The van der Waals surface area contributed by atoms with Crippen molar-refractivity contribution in [3.05, 3.63) is 22.8 Å². The van der Waals surface area contributed by atoms with Crippen LogP contribution in [0.4, 0.5) is 5.82 Å². The Bertz CT molecular complexity index is 377. The number of rotatable bonds is 1. The minimum absolute atomic E-state index is 0.0831. The standard InChI is InChI=1S/C10H12ClN3/c1-7(12)3-2-4-8-5-9(11)10(13)14-6-8/h5-7H,3,12H2,1H3,(H2,13,14)/t7-/m0/s1. The molecule has 1 rings (SSSR count). The van der Waals surface area contributed by atoms with Crippen molar-refractivity contribution in [2.75, 3.05) is 5.73 Å². The van der Waals surface area contributed by atoms with Crippen LogP contribution < -0.4 is 11.5 Å². The van der Waals surface area contributed by atoms with Crippen LogP contribution in [0.1, 0.15) is 18.9 Å². The summed E-state index contributed by atoms with van der Waals surface area (Å²) in [6.45, 7) is 1.91. The van der Waals surface area contributed by atoms with Gasteiger partial charge in [0.2, 0.25) is 0 Å². The van der Waals surface area contributed by atoms with E-state index >= 15 is 0 Å². The zero-order valence-corrected chi connectivity index (χ0v) is 8.67. The molecule has 1 atom stereocenters. The summed E-state index contributed by atoms with van der Waals surface area (Å²) in [5, 5.41) is 0.428. The van der Waals surface area contributed by atoms with Crippen LogP contribution in [0.3, 0.4) is 0 Å². The largest absolute Gasteiger partial charge is 0.382 e. The van der Waals surface area contributed by atoms with Gasteiger partial charge in [0.25, 0.3) is 0 Å². The van der Waals surface area contributed by atoms with E-state index in [-0.39, 0.29) is 6.04 Å². The summed E-state index contributed by atoms with van der Waals surface area (Å²) in [4.78, 5) is 3.89. The first kappa shape index (κ1) is 10.8. The van der Waals surface area contributed by atoms with Crippen molar-refractivity contribution in [3.8, 4) is 11.8 Å². The highest BCUT2D eigenvalue weighted by molar-refractivity contribution is 6.32. The van der Waals surface area contributed by atoms with Gasteiger partial charge in [0, 0.05) is 24.2 Å². The molecular weight excluding hydrogens is 198 g/mol. The average molecular weight is 210 g/mol. The number of hydrogen-bond acceptors (Lipinski definition) is 3. The third kappa shape index (κ3) is 3.25. The highest BCUT2D eigenvalue weighted by Crippen LogP contribution is 2.15. The molecule has 0 unspecified atom stereocenters. The molecule has 0 amide bonds. The maximum Gasteiger partial charge on any atom is 0.142 e. The lowest BCUT2D eigenvalue weighted by Gasteiger charge is -1.96. The Hall–Kier alpha value is -1.24. The van der Waals surface area contributed by atoms with E-state index in [1.807, 2.05) is 6.92 Å². The van der Waals surface area contributed by atoms with Crippen LogP contribution in [-0.2, 0) is 0 Å². The first-order valence-corrected chi connectivity index (χ1v) is 4.63. The zero-order chi connectivity index (χ0) is 10.6. The smallest absolute Gasteiger partial charge is 0.142 e. The van der Waals surface area contributed by atoms with Gasteiger partial charge in [0.1, 0.15) is 5.82 Å². The summed E-state index contributed by atoms with van der Waals surface area (Å²) in [6, 6.07) is 1.78. The van der Waals surface area contributed by atoms with Crippen LogP contribution in [0, 0.1) is 11.8 Å². The number of hydrogen-bond donors (Lipinski definition) is 2. The second kappa shape index (κ2) is 4.85. The van der Waals surface area contributed by atoms with Crippen molar-refractivity contribution in [3.63, 3.8) is 0 Å². The van der Waals surface area contributed by atoms with E-state index in [0.717, 1.165) is 5.56 Å². The number of pyridine rings is 1. The van der Waals surface area contributed by atoms with E-state index in [1.54, 1.807) is 12.3 Å². The molecule has 0 radical (unpaired) electrons. The molecule has 0 aliphatic carbocycles. The van der Waals surface area contributed by atoms with Crippen molar-refractivity contribution in [1.29, 1.82) is 0 Å². The Labute approximate surface area is 88.5 Å². The van der Waals surface area contributed by atoms with Gasteiger partial charge in [-0.2, -0.15) is 0 Å². The molecule has 14 heavy (non-hydrogen) atoms. The normalized spacial score (nSPS) is 11.6. The number of anilines is 1. The Morgan fingerprint density at radius 1 is 1.64 bits per heavy atom. The minimum atomic E-state index is 0.0831. The molecule has 1 heterocycles. The molecule has 0 fully saturated rings. The van der Waals surface area contributed by atoms with Gasteiger partial charge in [0.15, 0.2) is 0 Å². The van der Waals surface area contributed by atoms with Crippen LogP contribution >= 0.6 is 11.6 Å². The first-order chi connectivity index (χ1) is 6.59. The molecule has 1 aromatic heterocycles. The Kier molecular flexibility index (Phi) is 3.75. The van der Waals surface area contributed by atoms with Gasteiger partial charge in [-0.3, -0.25) is 0 Å². The lowest BCUT2D eigenvalue weighted by Crippen LogP contribution is -2.12. The fraction of sp³-hybridized carbons (Fsp3) is 0.300. The van der Waals surface area contributed by atoms with Gasteiger partial charge in [-0.25, -0.2) is 4.98 Å². The fourth-order valence-electron chi connectivity index (χ4n) is 0.831. The van der Waals surface area contributed by atoms with Crippen LogP contribution in [-0.4, -0.2) is 11.0 Å². The van der Waals surface area contributed by atoms with E-state index in [4.69, 9.17) is 23.1 Å². The molecule has 0 spiro atoms. The Balaban J connectivity index is 2.76. The second-order valence-corrected chi connectivity index (χ2v) is 3.48. The molecule has 4 N–H and O–H groups in total. The summed E-state index contributed by atoms with van der Waals surface area (Å²) < 4.78 is 0. The number of nitrogens with zero attached hydrogens (tertiary/aromatic N) is 1. The van der Waals surface area contributed by atoms with Crippen LogP contribution in [0.15, 0.2) is 12.3 Å².